The molecule has 0 aliphatic carbocycles. The Morgan fingerprint density at radius 3 is 2.53 bits per heavy atom. The molecule has 53 heavy (non-hydrogen) atoms. The number of aromatic nitrogens is 2. The lowest BCUT2D eigenvalue weighted by molar-refractivity contribution is -0.112. The van der Waals surface area contributed by atoms with Crippen molar-refractivity contribution in [3.05, 3.63) is 119 Å². The molecule has 0 bridgehead atoms. The number of benzene rings is 3. The molecule has 14 heteroatoms. The van der Waals surface area contributed by atoms with Crippen molar-refractivity contribution in [1.82, 2.24) is 14.9 Å². The van der Waals surface area contributed by atoms with Crippen LogP contribution in [0.1, 0.15) is 36.6 Å². The number of carbonyl (C=O) groups excluding carboxylic acids is 1. The molecule has 3 N–H and O–H groups in total. The second-order valence-corrected chi connectivity index (χ2v) is 14.0. The molecule has 6 rings (SSSR count). The SMILES string of the molecule is CCOc1cc2ncc(C#N)c(Nc3ccc(OCc4ccccn4)c(Cl)c3)c2cc1NC(=O)/C=C/[C@H]1CCCN1C.Cc1ccc(S(=O)(=O)O)cc1. The number of hydrogen-bond donors (Lipinski definition) is 3. The first-order valence-corrected chi connectivity index (χ1v) is 18.6. The van der Waals surface area contributed by atoms with Crippen LogP contribution in [-0.4, -0.2) is 60.0 Å². The van der Waals surface area contributed by atoms with Gasteiger partial charge in [0.15, 0.2) is 0 Å². The summed E-state index contributed by atoms with van der Waals surface area (Å²) in [5.41, 5.74) is 4.34. The van der Waals surface area contributed by atoms with Crippen LogP contribution in [0.2, 0.25) is 5.02 Å². The van der Waals surface area contributed by atoms with Gasteiger partial charge in [0.1, 0.15) is 24.2 Å². The number of fused-ring (bicyclic) bond motifs is 1. The van der Waals surface area contributed by atoms with E-state index in [0.29, 0.717) is 56.7 Å². The third-order valence-corrected chi connectivity index (χ3v) is 9.48. The van der Waals surface area contributed by atoms with E-state index in [4.69, 9.17) is 25.6 Å². The van der Waals surface area contributed by atoms with E-state index in [1.807, 2.05) is 44.2 Å². The van der Waals surface area contributed by atoms with Gasteiger partial charge in [0.05, 0.1) is 44.7 Å². The monoisotopic (exact) mass is 754 g/mol. The van der Waals surface area contributed by atoms with Gasteiger partial charge in [-0.15, -0.1) is 0 Å². The Kier molecular flexibility index (Phi) is 13.0. The van der Waals surface area contributed by atoms with Crippen molar-refractivity contribution in [2.75, 3.05) is 30.8 Å². The predicted octanol–water partition coefficient (Wildman–Crippen LogP) is 7.71. The summed E-state index contributed by atoms with van der Waals surface area (Å²) in [5, 5.41) is 17.2. The molecule has 12 nitrogen and oxygen atoms in total. The minimum atomic E-state index is -4.02. The fourth-order valence-corrected chi connectivity index (χ4v) is 6.26. The van der Waals surface area contributed by atoms with Gasteiger partial charge in [0.25, 0.3) is 10.1 Å². The van der Waals surface area contributed by atoms with Crippen LogP contribution in [-0.2, 0) is 21.5 Å². The van der Waals surface area contributed by atoms with Crippen LogP contribution in [0.25, 0.3) is 10.9 Å². The number of nitrogens with one attached hydrogen (secondary N) is 2. The Bertz CT molecular complexity index is 2250. The average molecular weight is 755 g/mol. The number of hydrogen-bond acceptors (Lipinski definition) is 10. The zero-order valence-electron chi connectivity index (χ0n) is 29.4. The van der Waals surface area contributed by atoms with Crippen molar-refractivity contribution in [3.8, 4) is 17.6 Å². The minimum absolute atomic E-state index is 0.0666. The summed E-state index contributed by atoms with van der Waals surface area (Å²) in [6.07, 6.45) is 8.85. The number of aryl methyl sites for hydroxylation is 1. The molecule has 274 valence electrons. The molecule has 1 fully saturated rings. The number of ether oxygens (including phenoxy) is 2. The van der Waals surface area contributed by atoms with Crippen LogP contribution in [0.3, 0.4) is 0 Å². The minimum Gasteiger partial charge on any atom is -0.492 e. The number of pyridine rings is 2. The molecule has 0 unspecified atom stereocenters. The Hall–Kier alpha value is -5.52. The van der Waals surface area contributed by atoms with Crippen molar-refractivity contribution < 1.29 is 27.2 Å². The highest BCUT2D eigenvalue weighted by Gasteiger charge is 2.19. The van der Waals surface area contributed by atoms with E-state index in [9.17, 15) is 18.5 Å². The van der Waals surface area contributed by atoms with Crippen molar-refractivity contribution >= 4 is 55.6 Å². The lowest BCUT2D eigenvalue weighted by atomic mass is 10.1. The normalized spacial score (nSPS) is 14.3. The second-order valence-electron chi connectivity index (χ2n) is 12.2. The first kappa shape index (κ1) is 38.7. The molecule has 3 aromatic carbocycles. The number of anilines is 3. The fourth-order valence-electron chi connectivity index (χ4n) is 5.55. The van der Waals surface area contributed by atoms with Crippen LogP contribution in [0.4, 0.5) is 17.1 Å². The third kappa shape index (κ3) is 10.5. The highest BCUT2D eigenvalue weighted by molar-refractivity contribution is 7.85. The van der Waals surface area contributed by atoms with E-state index in [1.165, 1.54) is 18.3 Å². The number of nitrogens with zero attached hydrogens (tertiary/aromatic N) is 4. The van der Waals surface area contributed by atoms with Gasteiger partial charge in [-0.05, 0) is 88.8 Å². The number of nitriles is 1. The molecule has 0 spiro atoms. The zero-order chi connectivity index (χ0) is 38.0. The second kappa shape index (κ2) is 17.8. The highest BCUT2D eigenvalue weighted by Crippen LogP contribution is 2.37. The van der Waals surface area contributed by atoms with Gasteiger partial charge in [-0.25, -0.2) is 0 Å². The molecule has 0 saturated carbocycles. The van der Waals surface area contributed by atoms with Crippen molar-refractivity contribution in [3.63, 3.8) is 0 Å². The quantitative estimate of drug-likeness (QED) is 0.0893. The molecule has 1 aliphatic rings. The first-order chi connectivity index (χ1) is 25.4. The van der Waals surface area contributed by atoms with E-state index in [-0.39, 0.29) is 23.5 Å². The van der Waals surface area contributed by atoms with Crippen LogP contribution in [0.5, 0.6) is 11.5 Å². The maximum Gasteiger partial charge on any atom is 0.294 e. The molecule has 0 radical (unpaired) electrons. The summed E-state index contributed by atoms with van der Waals surface area (Å²) < 4.78 is 41.2. The standard InChI is InChI=1S/C32H31ClN6O3.C7H8O3S/c1-3-41-30-17-27-25(16-28(30)38-31(40)12-10-24-8-6-14-39(24)2)32(21(18-34)19-36-27)37-22-9-11-29(26(33)15-22)42-20-23-7-4-5-13-35-23;1-6-2-4-7(5-3-6)11(8,9)10/h4-5,7,9-13,15-17,19,24H,3,6,8,14,20H2,1-2H3,(H,36,37)(H,38,40);2-5H,1H3,(H,8,9,10)/b12-10+;/t24-;/m1./s1. The Balaban J connectivity index is 0.000000422. The van der Waals surface area contributed by atoms with Gasteiger partial charge < -0.3 is 20.1 Å². The van der Waals surface area contributed by atoms with Crippen molar-refractivity contribution in [2.24, 2.45) is 0 Å². The predicted molar refractivity (Wildman–Crippen MR) is 205 cm³/mol. The molecule has 5 aromatic rings. The number of carbonyl (C=O) groups is 1. The lowest BCUT2D eigenvalue weighted by Crippen LogP contribution is -2.23. The molecule has 1 atom stereocenters. The van der Waals surface area contributed by atoms with Gasteiger partial charge in [0, 0.05) is 41.7 Å². The van der Waals surface area contributed by atoms with Gasteiger partial charge in [-0.2, -0.15) is 13.7 Å². The van der Waals surface area contributed by atoms with Crippen molar-refractivity contribution in [2.45, 2.75) is 44.2 Å². The first-order valence-electron chi connectivity index (χ1n) is 16.8. The van der Waals surface area contributed by atoms with E-state index in [1.54, 1.807) is 48.7 Å². The summed E-state index contributed by atoms with van der Waals surface area (Å²) in [6.45, 7) is 5.42. The highest BCUT2D eigenvalue weighted by atomic mass is 35.5. The van der Waals surface area contributed by atoms with Crippen molar-refractivity contribution in [1.29, 1.82) is 5.26 Å². The van der Waals surface area contributed by atoms with Gasteiger partial charge in [-0.1, -0.05) is 41.4 Å². The molecular formula is C39H39ClN6O6S. The number of rotatable bonds is 11. The molecule has 1 aliphatic heterocycles. The zero-order valence-corrected chi connectivity index (χ0v) is 31.0. The average Bonchev–Trinajstić information content (AvgIpc) is 3.55. The van der Waals surface area contributed by atoms with Gasteiger partial charge in [-0.3, -0.25) is 24.2 Å². The third-order valence-electron chi connectivity index (χ3n) is 8.32. The fraction of sp³-hybridized carbons (Fsp3) is 0.231. The number of halogens is 1. The van der Waals surface area contributed by atoms with Crippen LogP contribution in [0, 0.1) is 18.3 Å². The van der Waals surface area contributed by atoms with E-state index in [2.05, 4.69) is 38.6 Å². The Labute approximate surface area is 313 Å². The molecule has 2 aromatic heterocycles. The Morgan fingerprint density at radius 2 is 1.89 bits per heavy atom. The van der Waals surface area contributed by atoms with E-state index >= 15 is 0 Å². The number of likely N-dealkylation sites (tertiary alicyclic amines) is 1. The molecular weight excluding hydrogens is 716 g/mol. The summed E-state index contributed by atoms with van der Waals surface area (Å²) in [6, 6.07) is 22.9. The van der Waals surface area contributed by atoms with E-state index in [0.717, 1.165) is 30.6 Å². The smallest absolute Gasteiger partial charge is 0.294 e. The summed E-state index contributed by atoms with van der Waals surface area (Å²) >= 11 is 6.54. The maximum absolute atomic E-state index is 12.9. The summed E-state index contributed by atoms with van der Waals surface area (Å²) in [7, 11) is -1.96. The topological polar surface area (TPSA) is 167 Å². The van der Waals surface area contributed by atoms with Crippen LogP contribution < -0.4 is 20.1 Å². The van der Waals surface area contributed by atoms with Crippen LogP contribution >= 0.6 is 11.6 Å². The number of amides is 1. The lowest BCUT2D eigenvalue weighted by Gasteiger charge is -2.17. The van der Waals surface area contributed by atoms with E-state index < -0.39 is 10.1 Å². The summed E-state index contributed by atoms with van der Waals surface area (Å²) in [5.74, 6) is 0.740. The molecule has 3 heterocycles. The largest absolute Gasteiger partial charge is 0.492 e. The Morgan fingerprint density at radius 1 is 1.09 bits per heavy atom. The number of likely N-dealkylation sites (N-methyl/N-ethyl adjacent to an activating group) is 1. The van der Waals surface area contributed by atoms with Gasteiger partial charge >= 0.3 is 0 Å². The summed E-state index contributed by atoms with van der Waals surface area (Å²) in [4.78, 5) is 23.8. The molecule has 1 amide bonds. The van der Waals surface area contributed by atoms with Crippen LogP contribution in [0.15, 0.2) is 102 Å². The van der Waals surface area contributed by atoms with Gasteiger partial charge in [0.2, 0.25) is 5.91 Å². The molecule has 1 saturated heterocycles. The maximum atomic E-state index is 12.9.